The lowest BCUT2D eigenvalue weighted by Crippen LogP contribution is -2.28. The summed E-state index contributed by atoms with van der Waals surface area (Å²) in [4.78, 5) is 34.0. The van der Waals surface area contributed by atoms with Gasteiger partial charge in [0, 0.05) is 53.2 Å². The third kappa shape index (κ3) is 7.83. The number of rotatable bonds is 8. The van der Waals surface area contributed by atoms with Crippen LogP contribution in [0.15, 0.2) is 96.6 Å². The van der Waals surface area contributed by atoms with Gasteiger partial charge < -0.3 is 16.0 Å². The van der Waals surface area contributed by atoms with Gasteiger partial charge in [-0.05, 0) is 84.3 Å². The molecule has 0 bridgehead atoms. The monoisotopic (exact) mass is 601 g/mol. The number of pyridine rings is 1. The van der Waals surface area contributed by atoms with Gasteiger partial charge in [-0.3, -0.25) is 9.78 Å². The van der Waals surface area contributed by atoms with E-state index in [1.165, 1.54) is 12.1 Å². The number of aryl methyl sites for hydroxylation is 1. The summed E-state index contributed by atoms with van der Waals surface area (Å²) in [6, 6.07) is 20.0. The van der Waals surface area contributed by atoms with Crippen molar-refractivity contribution in [3.05, 3.63) is 129 Å². The van der Waals surface area contributed by atoms with E-state index in [1.54, 1.807) is 48.0 Å². The smallest absolute Gasteiger partial charge is 0.334 e. The molecule has 0 fully saturated rings. The summed E-state index contributed by atoms with van der Waals surface area (Å²) in [6.45, 7) is 2.18. The van der Waals surface area contributed by atoms with Gasteiger partial charge in [-0.1, -0.05) is 18.2 Å². The number of nitrogens with one attached hydrogen (secondary N) is 3. The summed E-state index contributed by atoms with van der Waals surface area (Å²) in [7, 11) is 0. The molecule has 0 saturated carbocycles. The molecule has 2 aromatic heterocycles. The fourth-order valence-corrected chi connectivity index (χ4v) is 5.05. The summed E-state index contributed by atoms with van der Waals surface area (Å²) < 4.78 is 38.1. The van der Waals surface area contributed by atoms with E-state index in [9.17, 15) is 22.8 Å². The first-order chi connectivity index (χ1) is 20.6. The lowest BCUT2D eigenvalue weighted by molar-refractivity contribution is -0.137. The summed E-state index contributed by atoms with van der Waals surface area (Å²) in [6.07, 6.45) is -0.299. The van der Waals surface area contributed by atoms with Crippen LogP contribution in [-0.2, 0) is 19.1 Å². The number of benzene rings is 3. The Balaban J connectivity index is 1.14. The van der Waals surface area contributed by atoms with Gasteiger partial charge >= 0.3 is 12.2 Å². The number of carbonyl (C=O) groups excluding carboxylic acids is 2. The molecular formula is C32H26F3N5O2S. The number of urea groups is 1. The molecule has 3 amide bonds. The van der Waals surface area contributed by atoms with Crippen LogP contribution in [0.3, 0.4) is 0 Å². The average Bonchev–Trinajstić information content (AvgIpc) is 3.47. The maximum atomic E-state index is 12.9. The van der Waals surface area contributed by atoms with Gasteiger partial charge in [0.1, 0.15) is 0 Å². The van der Waals surface area contributed by atoms with Crippen LogP contribution < -0.4 is 16.0 Å². The predicted molar refractivity (Wildman–Crippen MR) is 161 cm³/mol. The molecule has 0 spiro atoms. The molecule has 218 valence electrons. The van der Waals surface area contributed by atoms with Crippen molar-refractivity contribution >= 4 is 34.6 Å². The van der Waals surface area contributed by atoms with Crippen LogP contribution in [0.4, 0.5) is 29.3 Å². The second-order valence-corrected chi connectivity index (χ2v) is 10.7. The number of halogens is 3. The molecule has 0 radical (unpaired) electrons. The van der Waals surface area contributed by atoms with Crippen LogP contribution in [0.5, 0.6) is 0 Å². The van der Waals surface area contributed by atoms with Gasteiger partial charge in [-0.25, -0.2) is 9.78 Å². The van der Waals surface area contributed by atoms with Gasteiger partial charge in [0.2, 0.25) is 0 Å². The van der Waals surface area contributed by atoms with Crippen molar-refractivity contribution in [2.45, 2.75) is 26.1 Å². The van der Waals surface area contributed by atoms with Crippen molar-refractivity contribution < 1.29 is 22.8 Å². The number of hydrogen-bond acceptors (Lipinski definition) is 5. The summed E-state index contributed by atoms with van der Waals surface area (Å²) >= 11 is 1.58. The Morgan fingerprint density at radius 1 is 0.907 bits per heavy atom. The second-order valence-electron chi connectivity index (χ2n) is 9.72. The van der Waals surface area contributed by atoms with Gasteiger partial charge in [0.05, 0.1) is 16.3 Å². The fraction of sp³-hybridized carbons (Fsp3) is 0.125. The van der Waals surface area contributed by atoms with Crippen molar-refractivity contribution in [3.63, 3.8) is 0 Å². The van der Waals surface area contributed by atoms with E-state index in [0.29, 0.717) is 17.7 Å². The van der Waals surface area contributed by atoms with E-state index in [4.69, 9.17) is 4.98 Å². The maximum Gasteiger partial charge on any atom is 0.416 e. The quantitative estimate of drug-likeness (QED) is 0.170. The number of aromatic nitrogens is 2. The molecule has 43 heavy (non-hydrogen) atoms. The molecule has 2 heterocycles. The van der Waals surface area contributed by atoms with Crippen molar-refractivity contribution in [2.24, 2.45) is 0 Å². The minimum Gasteiger partial charge on any atom is -0.334 e. The summed E-state index contributed by atoms with van der Waals surface area (Å²) in [5.41, 5.74) is 5.29. The van der Waals surface area contributed by atoms with Crippen molar-refractivity contribution in [2.75, 3.05) is 10.6 Å². The zero-order valence-corrected chi connectivity index (χ0v) is 23.7. The van der Waals surface area contributed by atoms with Gasteiger partial charge in [0.25, 0.3) is 5.91 Å². The molecule has 11 heteroatoms. The first kappa shape index (κ1) is 29.5. The first-order valence-electron chi connectivity index (χ1n) is 13.2. The number of thiazole rings is 1. The summed E-state index contributed by atoms with van der Waals surface area (Å²) in [5.74, 6) is -0.275. The third-order valence-corrected chi connectivity index (χ3v) is 7.45. The molecule has 5 rings (SSSR count). The zero-order valence-electron chi connectivity index (χ0n) is 22.9. The van der Waals surface area contributed by atoms with Crippen LogP contribution in [0, 0.1) is 6.92 Å². The minimum atomic E-state index is -4.44. The molecule has 0 unspecified atom stereocenters. The highest BCUT2D eigenvalue weighted by Gasteiger charge is 2.30. The number of carbonyl (C=O) groups is 2. The average molecular weight is 602 g/mol. The Kier molecular flexibility index (Phi) is 8.82. The van der Waals surface area contributed by atoms with Gasteiger partial charge in [-0.2, -0.15) is 13.2 Å². The SMILES string of the molecule is Cc1ccc(NC(=O)c2ccc(CNC(=O)Nc3ccc(C(F)(F)F)cc3)cc2)cc1Cc1nc(-c2cccnc2)cs1. The molecule has 0 aliphatic heterocycles. The molecule has 0 saturated heterocycles. The Bertz CT molecular complexity index is 1720. The van der Waals surface area contributed by atoms with Crippen molar-refractivity contribution in [1.29, 1.82) is 0 Å². The van der Waals surface area contributed by atoms with Crippen LogP contribution in [0.1, 0.15) is 37.6 Å². The lowest BCUT2D eigenvalue weighted by Gasteiger charge is -2.11. The fourth-order valence-electron chi connectivity index (χ4n) is 4.22. The first-order valence-corrected chi connectivity index (χ1v) is 14.1. The van der Waals surface area contributed by atoms with Crippen molar-refractivity contribution in [1.82, 2.24) is 15.3 Å². The minimum absolute atomic E-state index is 0.162. The Morgan fingerprint density at radius 2 is 1.65 bits per heavy atom. The number of nitrogens with zero attached hydrogens (tertiary/aromatic N) is 2. The maximum absolute atomic E-state index is 12.9. The number of amides is 3. The van der Waals surface area contributed by atoms with Crippen LogP contribution in [0.2, 0.25) is 0 Å². The lowest BCUT2D eigenvalue weighted by atomic mass is 10.0. The standard InChI is InChI=1S/C32H26F3N5O2S/c1-20-4-11-27(15-24(20)16-29-40-28(19-43-29)23-3-2-14-36-18-23)38-30(41)22-7-5-21(6-8-22)17-37-31(42)39-26-12-9-25(10-13-26)32(33,34)35/h2-15,18-19H,16-17H2,1H3,(H,38,41)(H2,37,39,42). The molecule has 7 nitrogen and oxygen atoms in total. The van der Waals surface area contributed by atoms with Crippen molar-refractivity contribution in [3.8, 4) is 11.3 Å². The van der Waals surface area contributed by atoms with E-state index in [0.717, 1.165) is 45.1 Å². The van der Waals surface area contributed by atoms with E-state index in [1.807, 2.05) is 42.6 Å². The predicted octanol–water partition coefficient (Wildman–Crippen LogP) is 7.70. The molecule has 0 aliphatic carbocycles. The highest BCUT2D eigenvalue weighted by molar-refractivity contribution is 7.10. The van der Waals surface area contributed by atoms with E-state index < -0.39 is 17.8 Å². The van der Waals surface area contributed by atoms with Gasteiger partial charge in [-0.15, -0.1) is 11.3 Å². The number of hydrogen-bond donors (Lipinski definition) is 3. The third-order valence-electron chi connectivity index (χ3n) is 6.60. The van der Waals surface area contributed by atoms with E-state index >= 15 is 0 Å². The van der Waals surface area contributed by atoms with Crippen LogP contribution in [0.25, 0.3) is 11.3 Å². The molecule has 3 aromatic carbocycles. The largest absolute Gasteiger partial charge is 0.416 e. The molecular weight excluding hydrogens is 575 g/mol. The number of alkyl halides is 3. The van der Waals surface area contributed by atoms with E-state index in [-0.39, 0.29) is 18.1 Å². The van der Waals surface area contributed by atoms with Crippen LogP contribution in [-0.4, -0.2) is 21.9 Å². The molecule has 3 N–H and O–H groups in total. The number of anilines is 2. The van der Waals surface area contributed by atoms with Crippen LogP contribution >= 0.6 is 11.3 Å². The van der Waals surface area contributed by atoms with E-state index in [2.05, 4.69) is 20.9 Å². The Labute approximate surface area is 249 Å². The Morgan fingerprint density at radius 3 is 2.35 bits per heavy atom. The normalized spacial score (nSPS) is 11.2. The zero-order chi connectivity index (χ0) is 30.4. The Hall–Kier alpha value is -5.03. The molecule has 0 atom stereocenters. The topological polar surface area (TPSA) is 96.0 Å². The molecule has 5 aromatic rings. The highest BCUT2D eigenvalue weighted by atomic mass is 32.1. The molecule has 0 aliphatic rings. The second kappa shape index (κ2) is 12.9. The highest BCUT2D eigenvalue weighted by Crippen LogP contribution is 2.30. The summed E-state index contributed by atoms with van der Waals surface area (Å²) in [5, 5.41) is 11.0. The van der Waals surface area contributed by atoms with Gasteiger partial charge in [0.15, 0.2) is 0 Å².